The zero-order valence-corrected chi connectivity index (χ0v) is 6.04. The zero-order valence-electron chi connectivity index (χ0n) is 5.23. The second kappa shape index (κ2) is 5.32. The van der Waals surface area contributed by atoms with Crippen LogP contribution in [-0.4, -0.2) is 12.7 Å². The van der Waals surface area contributed by atoms with Crippen molar-refractivity contribution in [2.24, 2.45) is 11.7 Å². The van der Waals surface area contributed by atoms with Crippen molar-refractivity contribution in [1.82, 2.24) is 0 Å². The summed E-state index contributed by atoms with van der Waals surface area (Å²) in [5.74, 6) is 0.0741. The smallest absolute Gasteiger partial charge is 0.115 e. The molecule has 0 bridgehead atoms. The Morgan fingerprint density at radius 1 is 1.50 bits per heavy atom. The Labute approximate surface area is 55.9 Å². The normalized spacial score (nSPS) is 13.1. The number of alkyl halides is 1. The van der Waals surface area contributed by atoms with Gasteiger partial charge in [0, 0.05) is 6.54 Å². The highest BCUT2D eigenvalue weighted by Crippen LogP contribution is 2.02. The van der Waals surface area contributed by atoms with E-state index in [4.69, 9.17) is 5.73 Å². The fourth-order valence-corrected chi connectivity index (χ4v) is 0.272. The molecule has 0 aliphatic heterocycles. The Hall–Kier alpha value is 0.180. The van der Waals surface area contributed by atoms with Crippen LogP contribution in [0.5, 0.6) is 0 Å². The number of hydrogen-bond acceptors (Lipinski definition) is 1. The molecule has 0 aromatic heterocycles. The van der Waals surface area contributed by atoms with Crippen LogP contribution in [0.25, 0.3) is 0 Å². The van der Waals surface area contributed by atoms with Gasteiger partial charge in [0.2, 0.25) is 0 Å². The molecule has 0 radical (unpaired) electrons. The molecule has 2 N–H and O–H groups in total. The molecule has 0 aliphatic rings. The number of halogens is 2. The Bertz CT molecular complexity index is 49.7. The maximum absolute atomic E-state index is 12.1. The van der Waals surface area contributed by atoms with Crippen molar-refractivity contribution in [3.63, 3.8) is 0 Å². The van der Waals surface area contributed by atoms with Crippen LogP contribution in [0.4, 0.5) is 4.39 Å². The third kappa shape index (κ3) is 4.34. The van der Waals surface area contributed by atoms with Crippen molar-refractivity contribution >= 4 is 12.4 Å². The molecule has 0 heterocycles. The van der Waals surface area contributed by atoms with Gasteiger partial charge in [0.25, 0.3) is 0 Å². The second-order valence-corrected chi connectivity index (χ2v) is 2.00. The summed E-state index contributed by atoms with van der Waals surface area (Å²) in [6.45, 7) is 3.78. The molecule has 1 atom stereocenters. The van der Waals surface area contributed by atoms with Gasteiger partial charge >= 0.3 is 0 Å². The van der Waals surface area contributed by atoms with E-state index in [2.05, 4.69) is 0 Å². The maximum Gasteiger partial charge on any atom is 0.115 e. The van der Waals surface area contributed by atoms with E-state index in [0.29, 0.717) is 0 Å². The van der Waals surface area contributed by atoms with E-state index in [1.165, 1.54) is 0 Å². The predicted octanol–water partition coefficient (Wildman–Crippen LogP) is 1.36. The van der Waals surface area contributed by atoms with Crippen LogP contribution in [0.1, 0.15) is 13.8 Å². The number of hydrogen-bond donors (Lipinski definition) is 1. The van der Waals surface area contributed by atoms with E-state index in [1.54, 1.807) is 0 Å². The molecule has 0 saturated carbocycles. The summed E-state index contributed by atoms with van der Waals surface area (Å²) in [5, 5.41) is 0. The molecule has 3 heteroatoms. The minimum absolute atomic E-state index is 0. The highest BCUT2D eigenvalue weighted by Gasteiger charge is 2.06. The van der Waals surface area contributed by atoms with E-state index in [1.807, 2.05) is 13.8 Å². The molecule has 1 unspecified atom stereocenters. The van der Waals surface area contributed by atoms with Gasteiger partial charge in [-0.25, -0.2) is 4.39 Å². The van der Waals surface area contributed by atoms with Gasteiger partial charge in [0.15, 0.2) is 0 Å². The summed E-state index contributed by atoms with van der Waals surface area (Å²) >= 11 is 0. The van der Waals surface area contributed by atoms with Gasteiger partial charge in [0.05, 0.1) is 0 Å². The van der Waals surface area contributed by atoms with Crippen LogP contribution < -0.4 is 5.73 Å². The number of nitrogens with two attached hydrogens (primary N) is 1. The van der Waals surface area contributed by atoms with Crippen LogP contribution in [0.3, 0.4) is 0 Å². The van der Waals surface area contributed by atoms with Crippen molar-refractivity contribution in [3.8, 4) is 0 Å². The topological polar surface area (TPSA) is 26.0 Å². The first-order valence-electron chi connectivity index (χ1n) is 2.52. The summed E-state index contributed by atoms with van der Waals surface area (Å²) in [7, 11) is 0. The lowest BCUT2D eigenvalue weighted by molar-refractivity contribution is 0.264. The first-order chi connectivity index (χ1) is 3.18. The Morgan fingerprint density at radius 2 is 1.88 bits per heavy atom. The van der Waals surface area contributed by atoms with E-state index in [9.17, 15) is 4.39 Å². The largest absolute Gasteiger partial charge is 0.328 e. The molecule has 52 valence electrons. The molecule has 8 heavy (non-hydrogen) atoms. The molecular formula is C5H13ClFN. The van der Waals surface area contributed by atoms with Gasteiger partial charge in [-0.1, -0.05) is 13.8 Å². The van der Waals surface area contributed by atoms with Crippen LogP contribution >= 0.6 is 12.4 Å². The molecule has 0 spiro atoms. The Morgan fingerprint density at radius 3 is 1.88 bits per heavy atom. The molecule has 0 aromatic carbocycles. The lowest BCUT2D eigenvalue weighted by atomic mass is 10.1. The molecule has 1 nitrogen and oxygen atoms in total. The van der Waals surface area contributed by atoms with Crippen LogP contribution in [0.2, 0.25) is 0 Å². The van der Waals surface area contributed by atoms with Gasteiger partial charge in [-0.2, -0.15) is 0 Å². The zero-order chi connectivity index (χ0) is 5.86. The van der Waals surface area contributed by atoms with E-state index in [0.717, 1.165) is 0 Å². The van der Waals surface area contributed by atoms with Crippen LogP contribution in [-0.2, 0) is 0 Å². The average Bonchev–Trinajstić information content (AvgIpc) is 1.65. The van der Waals surface area contributed by atoms with Crippen molar-refractivity contribution in [3.05, 3.63) is 0 Å². The van der Waals surface area contributed by atoms with Crippen LogP contribution in [0, 0.1) is 5.92 Å². The molecule has 0 amide bonds. The van der Waals surface area contributed by atoms with Gasteiger partial charge < -0.3 is 5.73 Å². The Balaban J connectivity index is 0. The monoisotopic (exact) mass is 141 g/mol. The lowest BCUT2D eigenvalue weighted by Crippen LogP contribution is -2.20. The van der Waals surface area contributed by atoms with Gasteiger partial charge in [0.1, 0.15) is 6.17 Å². The summed E-state index contributed by atoms with van der Waals surface area (Å²) in [4.78, 5) is 0. The first-order valence-corrected chi connectivity index (χ1v) is 2.52. The first kappa shape index (κ1) is 11.0. The van der Waals surface area contributed by atoms with Crippen molar-refractivity contribution < 1.29 is 4.39 Å². The quantitative estimate of drug-likeness (QED) is 0.618. The van der Waals surface area contributed by atoms with E-state index in [-0.39, 0.29) is 24.9 Å². The Kier molecular flexibility index (Phi) is 7.34. The molecular weight excluding hydrogens is 129 g/mol. The average molecular weight is 142 g/mol. The molecule has 0 rings (SSSR count). The SMILES string of the molecule is CC(C)C(F)CN.Cl. The molecule has 0 aromatic rings. The van der Waals surface area contributed by atoms with E-state index >= 15 is 0 Å². The standard InChI is InChI=1S/C5H12FN.ClH/c1-4(2)5(6)3-7;/h4-5H,3,7H2,1-2H3;1H. The van der Waals surface area contributed by atoms with Crippen LogP contribution in [0.15, 0.2) is 0 Å². The minimum Gasteiger partial charge on any atom is -0.328 e. The predicted molar refractivity (Wildman–Crippen MR) is 36.0 cm³/mol. The third-order valence-corrected chi connectivity index (χ3v) is 0.949. The second-order valence-electron chi connectivity index (χ2n) is 2.00. The van der Waals surface area contributed by atoms with Gasteiger partial charge in [-0.3, -0.25) is 0 Å². The van der Waals surface area contributed by atoms with Gasteiger partial charge in [-0.05, 0) is 5.92 Å². The van der Waals surface area contributed by atoms with Gasteiger partial charge in [-0.15, -0.1) is 12.4 Å². The molecule has 0 aliphatic carbocycles. The summed E-state index contributed by atoms with van der Waals surface area (Å²) in [5.41, 5.74) is 5.00. The maximum atomic E-state index is 12.1. The minimum atomic E-state index is -0.819. The highest BCUT2D eigenvalue weighted by molar-refractivity contribution is 5.85. The van der Waals surface area contributed by atoms with Crippen molar-refractivity contribution in [1.29, 1.82) is 0 Å². The molecule has 0 saturated heterocycles. The van der Waals surface area contributed by atoms with Crippen molar-refractivity contribution in [2.75, 3.05) is 6.54 Å². The summed E-state index contributed by atoms with van der Waals surface area (Å²) in [6.07, 6.45) is -0.819. The van der Waals surface area contributed by atoms with Crippen molar-refractivity contribution in [2.45, 2.75) is 20.0 Å². The summed E-state index contributed by atoms with van der Waals surface area (Å²) in [6, 6.07) is 0. The fourth-order valence-electron chi connectivity index (χ4n) is 0.272. The highest BCUT2D eigenvalue weighted by atomic mass is 35.5. The van der Waals surface area contributed by atoms with E-state index < -0.39 is 6.17 Å². The third-order valence-electron chi connectivity index (χ3n) is 0.949. The fraction of sp³-hybridized carbons (Fsp3) is 1.00. The number of rotatable bonds is 2. The summed E-state index contributed by atoms with van der Waals surface area (Å²) < 4.78 is 12.1. The molecule has 0 fully saturated rings. The lowest BCUT2D eigenvalue weighted by Gasteiger charge is -2.06.